The lowest BCUT2D eigenvalue weighted by atomic mass is 10.0. The number of rotatable bonds is 8. The molecular formula is C26H30N8O4. The van der Waals surface area contributed by atoms with E-state index in [0.29, 0.717) is 50.2 Å². The summed E-state index contributed by atoms with van der Waals surface area (Å²) in [5.74, 6) is 0.941. The predicted octanol–water partition coefficient (Wildman–Crippen LogP) is 3.35. The summed E-state index contributed by atoms with van der Waals surface area (Å²) in [4.78, 5) is 29.0. The second-order valence-corrected chi connectivity index (χ2v) is 9.25. The number of phenolic OH excluding ortho intramolecular Hbond substituents is 1. The second kappa shape index (κ2) is 11.8. The van der Waals surface area contributed by atoms with Gasteiger partial charge in [0.25, 0.3) is 0 Å². The number of ether oxygens (including phenoxy) is 1. The second-order valence-electron chi connectivity index (χ2n) is 9.25. The van der Waals surface area contributed by atoms with Crippen molar-refractivity contribution in [3.8, 4) is 5.75 Å². The highest BCUT2D eigenvalue weighted by molar-refractivity contribution is 5.86. The fourth-order valence-corrected chi connectivity index (χ4v) is 4.58. The van der Waals surface area contributed by atoms with Crippen LogP contribution in [0.5, 0.6) is 5.75 Å². The molecule has 0 bridgehead atoms. The quantitative estimate of drug-likeness (QED) is 0.259. The van der Waals surface area contributed by atoms with Crippen molar-refractivity contribution in [1.82, 2.24) is 15.0 Å². The number of nitro groups is 1. The highest BCUT2D eigenvalue weighted by Gasteiger charge is 2.21. The number of nitro benzene ring substituents is 1. The average molecular weight is 519 g/mol. The van der Waals surface area contributed by atoms with Crippen molar-refractivity contribution < 1.29 is 14.8 Å². The maximum Gasteiger partial charge on any atom is 0.311 e. The highest BCUT2D eigenvalue weighted by Crippen LogP contribution is 2.31. The molecule has 0 radical (unpaired) electrons. The van der Waals surface area contributed by atoms with Gasteiger partial charge in [0.2, 0.25) is 23.6 Å². The number of piperidine rings is 1. The molecule has 3 heterocycles. The largest absolute Gasteiger partial charge is 0.502 e. The zero-order valence-corrected chi connectivity index (χ0v) is 21.0. The molecule has 5 rings (SSSR count). The van der Waals surface area contributed by atoms with Crippen LogP contribution in [0.1, 0.15) is 36.0 Å². The fourth-order valence-electron chi connectivity index (χ4n) is 4.58. The summed E-state index contributed by atoms with van der Waals surface area (Å²) >= 11 is 0. The monoisotopic (exact) mass is 518 g/mol. The topological polar surface area (TPSA) is 142 Å². The van der Waals surface area contributed by atoms with Crippen LogP contribution in [0.15, 0.2) is 47.6 Å². The smallest absolute Gasteiger partial charge is 0.311 e. The van der Waals surface area contributed by atoms with Gasteiger partial charge in [-0.05, 0) is 42.9 Å². The third-order valence-electron chi connectivity index (χ3n) is 6.54. The zero-order valence-electron chi connectivity index (χ0n) is 21.0. The Bertz CT molecular complexity index is 1260. The molecule has 0 aliphatic carbocycles. The van der Waals surface area contributed by atoms with Crippen LogP contribution in [0.3, 0.4) is 0 Å². The predicted molar refractivity (Wildman–Crippen MR) is 144 cm³/mol. The van der Waals surface area contributed by atoms with E-state index in [1.165, 1.54) is 18.7 Å². The van der Waals surface area contributed by atoms with Crippen LogP contribution < -0.4 is 15.2 Å². The molecule has 0 unspecified atom stereocenters. The van der Waals surface area contributed by atoms with E-state index in [9.17, 15) is 15.2 Å². The van der Waals surface area contributed by atoms with Crippen molar-refractivity contribution in [2.45, 2.75) is 25.7 Å². The number of hydrogen-bond acceptors (Lipinski definition) is 11. The maximum absolute atomic E-state index is 11.6. The number of morpholine rings is 1. The van der Waals surface area contributed by atoms with Gasteiger partial charge in [0.15, 0.2) is 0 Å². The van der Waals surface area contributed by atoms with E-state index in [4.69, 9.17) is 9.72 Å². The first-order valence-corrected chi connectivity index (χ1v) is 12.7. The van der Waals surface area contributed by atoms with E-state index in [1.807, 2.05) is 30.3 Å². The van der Waals surface area contributed by atoms with Gasteiger partial charge in [0.05, 0.1) is 24.4 Å². The number of nitrogens with zero attached hydrogens (tertiary/aromatic N) is 7. The van der Waals surface area contributed by atoms with Crippen LogP contribution in [-0.4, -0.2) is 70.6 Å². The molecule has 2 N–H and O–H groups in total. The van der Waals surface area contributed by atoms with Gasteiger partial charge in [-0.2, -0.15) is 20.1 Å². The molecule has 0 spiro atoms. The number of hydrogen-bond donors (Lipinski definition) is 2. The summed E-state index contributed by atoms with van der Waals surface area (Å²) in [5.41, 5.74) is 4.37. The molecule has 2 aliphatic rings. The van der Waals surface area contributed by atoms with Crippen LogP contribution in [0, 0.1) is 10.1 Å². The van der Waals surface area contributed by atoms with E-state index in [-0.39, 0.29) is 17.2 Å². The molecule has 0 atom stereocenters. The number of aromatic hydroxyl groups is 1. The minimum atomic E-state index is -0.597. The van der Waals surface area contributed by atoms with Crippen LogP contribution in [0.2, 0.25) is 0 Å². The van der Waals surface area contributed by atoms with E-state index in [1.54, 1.807) is 6.07 Å². The molecule has 0 amide bonds. The summed E-state index contributed by atoms with van der Waals surface area (Å²) in [6.45, 7) is 4.31. The lowest BCUT2D eigenvalue weighted by Gasteiger charge is -2.30. The van der Waals surface area contributed by atoms with Gasteiger partial charge in [-0.1, -0.05) is 30.3 Å². The van der Waals surface area contributed by atoms with E-state index < -0.39 is 10.7 Å². The number of nitrogens with one attached hydrogen (secondary N) is 1. The van der Waals surface area contributed by atoms with Gasteiger partial charge in [0.1, 0.15) is 0 Å². The van der Waals surface area contributed by atoms with Crippen molar-refractivity contribution in [2.75, 3.05) is 54.6 Å². The van der Waals surface area contributed by atoms with Crippen LogP contribution in [0.4, 0.5) is 23.5 Å². The number of aromatic nitrogens is 3. The van der Waals surface area contributed by atoms with E-state index in [0.717, 1.165) is 31.5 Å². The summed E-state index contributed by atoms with van der Waals surface area (Å²) in [5, 5.41) is 26.4. The molecule has 1 aromatic heterocycles. The van der Waals surface area contributed by atoms with Gasteiger partial charge >= 0.3 is 5.69 Å². The number of hydrazone groups is 1. The lowest BCUT2D eigenvalue weighted by Crippen LogP contribution is -2.38. The van der Waals surface area contributed by atoms with Crippen molar-refractivity contribution >= 4 is 29.7 Å². The Kier molecular flexibility index (Phi) is 7.88. The molecule has 12 nitrogen and oxygen atoms in total. The number of benzene rings is 2. The van der Waals surface area contributed by atoms with Crippen molar-refractivity contribution in [3.63, 3.8) is 0 Å². The minimum absolute atomic E-state index is 0.219. The third-order valence-corrected chi connectivity index (χ3v) is 6.54. The Morgan fingerprint density at radius 1 is 0.974 bits per heavy atom. The molecule has 38 heavy (non-hydrogen) atoms. The average Bonchev–Trinajstić information content (AvgIpc) is 2.96. The van der Waals surface area contributed by atoms with Crippen LogP contribution in [0.25, 0.3) is 0 Å². The first-order valence-electron chi connectivity index (χ1n) is 12.7. The lowest BCUT2D eigenvalue weighted by molar-refractivity contribution is -0.385. The maximum atomic E-state index is 11.6. The molecule has 0 saturated carbocycles. The van der Waals surface area contributed by atoms with Crippen molar-refractivity contribution in [1.29, 1.82) is 0 Å². The van der Waals surface area contributed by atoms with Crippen LogP contribution >= 0.6 is 0 Å². The van der Waals surface area contributed by atoms with E-state index in [2.05, 4.69) is 30.3 Å². The third kappa shape index (κ3) is 6.14. The van der Waals surface area contributed by atoms with Gasteiger partial charge in [-0.25, -0.2) is 5.43 Å². The van der Waals surface area contributed by atoms with Crippen LogP contribution in [-0.2, 0) is 11.2 Å². The molecular weight excluding hydrogens is 488 g/mol. The Labute approximate surface area is 220 Å². The van der Waals surface area contributed by atoms with E-state index >= 15 is 0 Å². The molecule has 2 aliphatic heterocycles. The number of anilines is 3. The summed E-state index contributed by atoms with van der Waals surface area (Å²) < 4.78 is 5.46. The van der Waals surface area contributed by atoms with Gasteiger partial charge in [-0.3, -0.25) is 10.1 Å². The highest BCUT2D eigenvalue weighted by atomic mass is 16.6. The first-order chi connectivity index (χ1) is 18.6. The normalized spacial score (nSPS) is 16.1. The summed E-state index contributed by atoms with van der Waals surface area (Å²) in [6.07, 6.45) is 5.17. The van der Waals surface area contributed by atoms with Gasteiger partial charge in [0, 0.05) is 37.8 Å². The van der Waals surface area contributed by atoms with Crippen molar-refractivity contribution in [2.24, 2.45) is 5.10 Å². The molecule has 12 heteroatoms. The first kappa shape index (κ1) is 25.3. The molecule has 2 saturated heterocycles. The number of phenols is 1. The molecule has 2 fully saturated rings. The van der Waals surface area contributed by atoms with Crippen molar-refractivity contribution in [3.05, 3.63) is 69.3 Å². The standard InChI is InChI=1S/C26H30N8O4/c35-23-21(16-20(17-22(23)34(36)37)15-19-7-3-1-4-8-19)18-27-31-24-28-25(32-9-5-2-6-10-32)30-26(29-24)33-11-13-38-14-12-33/h1,3-4,7-8,16-18,35H,2,5-6,9-15H2,(H,28,29,30,31)/b27-18-. The Morgan fingerprint density at radius 2 is 1.66 bits per heavy atom. The Morgan fingerprint density at radius 3 is 2.34 bits per heavy atom. The fraction of sp³-hybridized carbons (Fsp3) is 0.385. The van der Waals surface area contributed by atoms with Gasteiger partial charge in [-0.15, -0.1) is 0 Å². The minimum Gasteiger partial charge on any atom is -0.502 e. The molecule has 198 valence electrons. The molecule has 3 aromatic rings. The molecule has 2 aromatic carbocycles. The summed E-state index contributed by atoms with van der Waals surface area (Å²) in [6, 6.07) is 12.7. The zero-order chi connectivity index (χ0) is 26.3. The Hall–Kier alpha value is -4.32. The summed E-state index contributed by atoms with van der Waals surface area (Å²) in [7, 11) is 0. The SMILES string of the molecule is O=[N+]([O-])c1cc(Cc2ccccc2)cc(/C=N\Nc2nc(N3CCCCC3)nc(N3CCOCC3)n2)c1O. The Balaban J connectivity index is 1.41. The van der Waals surface area contributed by atoms with Gasteiger partial charge < -0.3 is 19.6 Å².